The Morgan fingerprint density at radius 2 is 2.21 bits per heavy atom. The highest BCUT2D eigenvalue weighted by Crippen LogP contribution is 2.24. The lowest BCUT2D eigenvalue weighted by molar-refractivity contribution is -0.131. The molecule has 2 aromatic rings. The molecule has 19 heavy (non-hydrogen) atoms. The molecule has 0 atom stereocenters. The molecule has 0 bridgehead atoms. The van der Waals surface area contributed by atoms with E-state index < -0.39 is 0 Å². The molecule has 1 heterocycles. The minimum atomic E-state index is -0.294. The Morgan fingerprint density at radius 3 is 2.89 bits per heavy atom. The number of fused-ring (bicyclic) bond motifs is 1. The number of rotatable bonds is 5. The van der Waals surface area contributed by atoms with Crippen molar-refractivity contribution in [2.75, 3.05) is 6.54 Å². The highest BCUT2D eigenvalue weighted by molar-refractivity contribution is 5.85. The Hall–Kier alpha value is -1.81. The molecule has 0 amide bonds. The van der Waals surface area contributed by atoms with Crippen LogP contribution < -0.4 is 10.1 Å². The second-order valence-corrected chi connectivity index (χ2v) is 4.97. The SMILES string of the molecule is CC(=O)Oc1ccc2[nH]cc(CCNC(C)C)c2c1. The molecule has 0 aliphatic heterocycles. The number of hydrogen-bond donors (Lipinski definition) is 2. The number of benzene rings is 1. The van der Waals surface area contributed by atoms with Gasteiger partial charge in [0.05, 0.1) is 0 Å². The van der Waals surface area contributed by atoms with Crippen LogP contribution in [0.15, 0.2) is 24.4 Å². The van der Waals surface area contributed by atoms with Gasteiger partial charge in [0, 0.05) is 30.1 Å². The quantitative estimate of drug-likeness (QED) is 0.642. The van der Waals surface area contributed by atoms with Gasteiger partial charge in [0.2, 0.25) is 0 Å². The third-order valence-electron chi connectivity index (χ3n) is 2.95. The summed E-state index contributed by atoms with van der Waals surface area (Å²) in [4.78, 5) is 14.2. The molecule has 2 N–H and O–H groups in total. The Balaban J connectivity index is 2.17. The van der Waals surface area contributed by atoms with Gasteiger partial charge in [-0.3, -0.25) is 4.79 Å². The molecular formula is C15H20N2O2. The van der Waals surface area contributed by atoms with Gasteiger partial charge in [-0.2, -0.15) is 0 Å². The highest BCUT2D eigenvalue weighted by atomic mass is 16.5. The molecule has 0 fully saturated rings. The van der Waals surface area contributed by atoms with Gasteiger partial charge in [0.15, 0.2) is 0 Å². The van der Waals surface area contributed by atoms with Crippen molar-refractivity contribution < 1.29 is 9.53 Å². The third kappa shape index (κ3) is 3.58. The predicted molar refractivity (Wildman–Crippen MR) is 76.5 cm³/mol. The maximum atomic E-state index is 11.0. The van der Waals surface area contributed by atoms with Gasteiger partial charge in [-0.05, 0) is 36.7 Å². The van der Waals surface area contributed by atoms with Crippen LogP contribution in [-0.2, 0) is 11.2 Å². The van der Waals surface area contributed by atoms with Crippen LogP contribution in [-0.4, -0.2) is 23.5 Å². The van der Waals surface area contributed by atoms with E-state index >= 15 is 0 Å². The predicted octanol–water partition coefficient (Wildman–Crippen LogP) is 2.63. The molecule has 0 saturated carbocycles. The summed E-state index contributed by atoms with van der Waals surface area (Å²) in [6.07, 6.45) is 2.96. The number of hydrogen-bond acceptors (Lipinski definition) is 3. The van der Waals surface area contributed by atoms with Crippen molar-refractivity contribution in [2.45, 2.75) is 33.2 Å². The van der Waals surface area contributed by atoms with Crippen molar-refractivity contribution in [1.29, 1.82) is 0 Å². The zero-order chi connectivity index (χ0) is 13.8. The lowest BCUT2D eigenvalue weighted by atomic mass is 10.1. The largest absolute Gasteiger partial charge is 0.427 e. The van der Waals surface area contributed by atoms with Crippen molar-refractivity contribution in [3.05, 3.63) is 30.0 Å². The van der Waals surface area contributed by atoms with Crippen molar-refractivity contribution in [1.82, 2.24) is 10.3 Å². The van der Waals surface area contributed by atoms with E-state index in [0.29, 0.717) is 11.8 Å². The number of aromatic amines is 1. The smallest absolute Gasteiger partial charge is 0.308 e. The fourth-order valence-electron chi connectivity index (χ4n) is 2.09. The zero-order valence-corrected chi connectivity index (χ0v) is 11.6. The van der Waals surface area contributed by atoms with Crippen LogP contribution in [0.25, 0.3) is 10.9 Å². The molecule has 2 rings (SSSR count). The molecule has 4 nitrogen and oxygen atoms in total. The monoisotopic (exact) mass is 260 g/mol. The van der Waals surface area contributed by atoms with Crippen molar-refractivity contribution in [2.24, 2.45) is 0 Å². The number of carbonyl (C=O) groups excluding carboxylic acids is 1. The van der Waals surface area contributed by atoms with Crippen molar-refractivity contribution in [3.8, 4) is 5.75 Å². The van der Waals surface area contributed by atoms with E-state index in [2.05, 4.69) is 24.1 Å². The van der Waals surface area contributed by atoms with E-state index in [-0.39, 0.29) is 5.97 Å². The van der Waals surface area contributed by atoms with Crippen LogP contribution >= 0.6 is 0 Å². The second kappa shape index (κ2) is 5.89. The second-order valence-electron chi connectivity index (χ2n) is 4.97. The molecule has 0 spiro atoms. The van der Waals surface area contributed by atoms with E-state index in [4.69, 9.17) is 4.74 Å². The van der Waals surface area contributed by atoms with E-state index in [9.17, 15) is 4.79 Å². The first-order valence-corrected chi connectivity index (χ1v) is 6.58. The third-order valence-corrected chi connectivity index (χ3v) is 2.95. The molecule has 0 unspecified atom stereocenters. The first kappa shape index (κ1) is 13.6. The molecule has 0 radical (unpaired) electrons. The Kier molecular flexibility index (Phi) is 4.22. The number of ether oxygens (including phenoxy) is 1. The first-order chi connectivity index (χ1) is 9.06. The molecule has 4 heteroatoms. The van der Waals surface area contributed by atoms with Crippen LogP contribution in [0.4, 0.5) is 0 Å². The van der Waals surface area contributed by atoms with Crippen LogP contribution in [0.1, 0.15) is 26.3 Å². The van der Waals surface area contributed by atoms with Gasteiger partial charge >= 0.3 is 5.97 Å². The summed E-state index contributed by atoms with van der Waals surface area (Å²) in [6.45, 7) is 6.61. The Bertz CT molecular complexity index is 573. The minimum Gasteiger partial charge on any atom is -0.427 e. The molecule has 0 saturated heterocycles. The summed E-state index contributed by atoms with van der Waals surface area (Å²) in [5, 5.41) is 4.51. The first-order valence-electron chi connectivity index (χ1n) is 6.58. The summed E-state index contributed by atoms with van der Waals surface area (Å²) in [7, 11) is 0. The fraction of sp³-hybridized carbons (Fsp3) is 0.400. The van der Waals surface area contributed by atoms with Crippen LogP contribution in [0.3, 0.4) is 0 Å². The summed E-state index contributed by atoms with van der Waals surface area (Å²) >= 11 is 0. The van der Waals surface area contributed by atoms with Crippen molar-refractivity contribution in [3.63, 3.8) is 0 Å². The van der Waals surface area contributed by atoms with E-state index in [1.54, 1.807) is 6.07 Å². The van der Waals surface area contributed by atoms with E-state index in [1.807, 2.05) is 18.3 Å². The number of nitrogens with one attached hydrogen (secondary N) is 2. The highest BCUT2D eigenvalue weighted by Gasteiger charge is 2.06. The molecule has 1 aromatic heterocycles. The van der Waals surface area contributed by atoms with E-state index in [1.165, 1.54) is 12.5 Å². The molecule has 0 aliphatic rings. The summed E-state index contributed by atoms with van der Waals surface area (Å²) in [5.74, 6) is 0.301. The zero-order valence-electron chi connectivity index (χ0n) is 11.6. The summed E-state index contributed by atoms with van der Waals surface area (Å²) < 4.78 is 5.12. The lowest BCUT2D eigenvalue weighted by Crippen LogP contribution is -2.24. The normalized spacial score (nSPS) is 11.2. The summed E-state index contributed by atoms with van der Waals surface area (Å²) in [6, 6.07) is 6.14. The number of esters is 1. The number of H-pyrrole nitrogens is 1. The maximum Gasteiger partial charge on any atom is 0.308 e. The lowest BCUT2D eigenvalue weighted by Gasteiger charge is -2.07. The van der Waals surface area contributed by atoms with Gasteiger partial charge in [0.25, 0.3) is 0 Å². The molecular weight excluding hydrogens is 240 g/mol. The van der Waals surface area contributed by atoms with Gasteiger partial charge < -0.3 is 15.0 Å². The average Bonchev–Trinajstić information content (AvgIpc) is 2.71. The summed E-state index contributed by atoms with van der Waals surface area (Å²) in [5.41, 5.74) is 2.30. The molecule has 0 aliphatic carbocycles. The molecule has 1 aromatic carbocycles. The molecule has 102 valence electrons. The van der Waals surface area contributed by atoms with Gasteiger partial charge in [-0.1, -0.05) is 13.8 Å². The van der Waals surface area contributed by atoms with Crippen molar-refractivity contribution >= 4 is 16.9 Å². The maximum absolute atomic E-state index is 11.0. The van der Waals surface area contributed by atoms with Crippen LogP contribution in [0, 0.1) is 0 Å². The van der Waals surface area contributed by atoms with Gasteiger partial charge in [0.1, 0.15) is 5.75 Å². The topological polar surface area (TPSA) is 54.1 Å². The number of aromatic nitrogens is 1. The van der Waals surface area contributed by atoms with Crippen LogP contribution in [0.2, 0.25) is 0 Å². The minimum absolute atomic E-state index is 0.294. The standard InChI is InChI=1S/C15H20N2O2/c1-10(2)16-7-6-12-9-17-15-5-4-13(8-14(12)15)19-11(3)18/h4-5,8-10,16-17H,6-7H2,1-3H3. The fourth-order valence-corrected chi connectivity index (χ4v) is 2.09. The van der Waals surface area contributed by atoms with Gasteiger partial charge in [-0.15, -0.1) is 0 Å². The Morgan fingerprint density at radius 1 is 1.42 bits per heavy atom. The number of carbonyl (C=O) groups is 1. The average molecular weight is 260 g/mol. The van der Waals surface area contributed by atoms with Gasteiger partial charge in [-0.25, -0.2) is 0 Å². The van der Waals surface area contributed by atoms with E-state index in [0.717, 1.165) is 23.9 Å². The Labute approximate surface area is 113 Å². The van der Waals surface area contributed by atoms with Crippen LogP contribution in [0.5, 0.6) is 5.75 Å².